The van der Waals surface area contributed by atoms with E-state index in [1.807, 2.05) is 18.2 Å². The van der Waals surface area contributed by atoms with Crippen molar-refractivity contribution >= 4 is 45.7 Å². The average molecular weight is 352 g/mol. The van der Waals surface area contributed by atoms with Crippen LogP contribution in [0.1, 0.15) is 5.56 Å². The molecule has 0 saturated heterocycles. The van der Waals surface area contributed by atoms with Gasteiger partial charge in [-0.05, 0) is 30.2 Å². The number of anilines is 3. The molecule has 1 amide bonds. The first-order chi connectivity index (χ1) is 12.2. The number of nitrogens with zero attached hydrogens (tertiary/aromatic N) is 4. The van der Waals surface area contributed by atoms with Crippen LogP contribution in [0.5, 0.6) is 0 Å². The van der Waals surface area contributed by atoms with E-state index in [9.17, 15) is 4.79 Å². The van der Waals surface area contributed by atoms with Crippen LogP contribution in [0.2, 0.25) is 5.02 Å². The maximum atomic E-state index is 11.4. The molecule has 3 aromatic rings. The molecule has 1 aliphatic rings. The van der Waals surface area contributed by atoms with Gasteiger partial charge in [0.2, 0.25) is 5.91 Å². The summed E-state index contributed by atoms with van der Waals surface area (Å²) in [4.78, 5) is 26.6. The Morgan fingerprint density at radius 1 is 1.28 bits per heavy atom. The summed E-state index contributed by atoms with van der Waals surface area (Å²) >= 11 is 6.16. The zero-order valence-electron chi connectivity index (χ0n) is 13.2. The Morgan fingerprint density at radius 2 is 2.16 bits per heavy atom. The second-order valence-electron chi connectivity index (χ2n) is 5.65. The van der Waals surface area contributed by atoms with E-state index in [4.69, 9.17) is 11.6 Å². The van der Waals surface area contributed by atoms with Crippen molar-refractivity contribution in [3.63, 3.8) is 0 Å². The van der Waals surface area contributed by atoms with E-state index in [1.165, 1.54) is 18.0 Å². The molecule has 0 aliphatic carbocycles. The van der Waals surface area contributed by atoms with E-state index in [-0.39, 0.29) is 5.91 Å². The Kier molecular flexibility index (Phi) is 3.82. The van der Waals surface area contributed by atoms with Gasteiger partial charge >= 0.3 is 0 Å². The van der Waals surface area contributed by atoms with Crippen LogP contribution in [-0.4, -0.2) is 27.4 Å². The molecule has 0 saturated carbocycles. The standard InChI is InChI=1S/C18H14ClN5O/c1-2-17(25)23-16-8-14-13(9-20-16)18(22-10-21-14)24-6-5-11-3-4-12(19)7-15(11)24/h2-4,7-10H,1,5-6H2,(H,20,23,25). The Hall–Kier alpha value is -2.99. The lowest BCUT2D eigenvalue weighted by Gasteiger charge is -2.20. The summed E-state index contributed by atoms with van der Waals surface area (Å²) in [5.74, 6) is 0.885. The molecular weight excluding hydrogens is 338 g/mol. The highest BCUT2D eigenvalue weighted by atomic mass is 35.5. The van der Waals surface area contributed by atoms with Gasteiger partial charge < -0.3 is 10.2 Å². The quantitative estimate of drug-likeness (QED) is 0.731. The largest absolute Gasteiger partial charge is 0.325 e. The third kappa shape index (κ3) is 2.81. The fraction of sp³-hybridized carbons (Fsp3) is 0.111. The minimum absolute atomic E-state index is 0.316. The summed E-state index contributed by atoms with van der Waals surface area (Å²) in [6.45, 7) is 4.25. The lowest BCUT2D eigenvalue weighted by atomic mass is 10.2. The zero-order chi connectivity index (χ0) is 17.4. The van der Waals surface area contributed by atoms with Crippen LogP contribution in [0.15, 0.2) is 49.4 Å². The van der Waals surface area contributed by atoms with Crippen LogP contribution in [0.3, 0.4) is 0 Å². The number of fused-ring (bicyclic) bond motifs is 2. The number of hydrogen-bond donors (Lipinski definition) is 1. The van der Waals surface area contributed by atoms with E-state index in [0.29, 0.717) is 16.4 Å². The van der Waals surface area contributed by atoms with Crippen LogP contribution < -0.4 is 10.2 Å². The van der Waals surface area contributed by atoms with Gasteiger partial charge in [-0.15, -0.1) is 0 Å². The van der Waals surface area contributed by atoms with Gasteiger partial charge in [-0.25, -0.2) is 15.0 Å². The molecule has 4 rings (SSSR count). The molecule has 1 aliphatic heterocycles. The maximum Gasteiger partial charge on any atom is 0.248 e. The summed E-state index contributed by atoms with van der Waals surface area (Å²) in [5.41, 5.74) is 2.99. The van der Waals surface area contributed by atoms with Crippen LogP contribution >= 0.6 is 11.6 Å². The van der Waals surface area contributed by atoms with Gasteiger partial charge in [-0.2, -0.15) is 0 Å². The predicted octanol–water partition coefficient (Wildman–Crippen LogP) is 3.50. The molecule has 124 valence electrons. The SMILES string of the molecule is C=CC(=O)Nc1cc2ncnc(N3CCc4ccc(Cl)cc43)c2cn1. The van der Waals surface area contributed by atoms with Gasteiger partial charge in [0.1, 0.15) is 18.0 Å². The van der Waals surface area contributed by atoms with Crippen molar-refractivity contribution in [1.29, 1.82) is 0 Å². The first kappa shape index (κ1) is 15.5. The molecule has 0 fully saturated rings. The number of carbonyl (C=O) groups is 1. The first-order valence-electron chi connectivity index (χ1n) is 7.76. The highest BCUT2D eigenvalue weighted by Crippen LogP contribution is 2.37. The summed E-state index contributed by atoms with van der Waals surface area (Å²) in [5, 5.41) is 4.14. The lowest BCUT2D eigenvalue weighted by Crippen LogP contribution is -2.16. The van der Waals surface area contributed by atoms with Gasteiger partial charge in [-0.3, -0.25) is 4.79 Å². The maximum absolute atomic E-state index is 11.4. The molecule has 7 heteroatoms. The fourth-order valence-electron chi connectivity index (χ4n) is 2.97. The molecule has 0 spiro atoms. The summed E-state index contributed by atoms with van der Waals surface area (Å²) in [6.07, 6.45) is 5.31. The molecule has 0 atom stereocenters. The monoisotopic (exact) mass is 351 g/mol. The van der Waals surface area contributed by atoms with E-state index in [1.54, 1.807) is 12.3 Å². The number of carbonyl (C=O) groups excluding carboxylic acids is 1. The van der Waals surface area contributed by atoms with Crippen LogP contribution in [0.25, 0.3) is 10.9 Å². The van der Waals surface area contributed by atoms with E-state index >= 15 is 0 Å². The highest BCUT2D eigenvalue weighted by molar-refractivity contribution is 6.31. The Bertz CT molecular complexity index is 1000. The molecular formula is C18H14ClN5O. The molecule has 1 aromatic carbocycles. The lowest BCUT2D eigenvalue weighted by molar-refractivity contribution is -0.111. The zero-order valence-corrected chi connectivity index (χ0v) is 14.0. The van der Waals surface area contributed by atoms with Gasteiger partial charge in [0.15, 0.2) is 0 Å². The van der Waals surface area contributed by atoms with Crippen LogP contribution in [0.4, 0.5) is 17.3 Å². The second kappa shape index (κ2) is 6.14. The van der Waals surface area contributed by atoms with Crippen molar-refractivity contribution in [3.05, 3.63) is 60.0 Å². The van der Waals surface area contributed by atoms with Crippen molar-refractivity contribution in [2.45, 2.75) is 6.42 Å². The van der Waals surface area contributed by atoms with Crippen molar-refractivity contribution in [2.24, 2.45) is 0 Å². The van der Waals surface area contributed by atoms with Crippen molar-refractivity contribution < 1.29 is 4.79 Å². The van der Waals surface area contributed by atoms with Gasteiger partial charge in [0.25, 0.3) is 0 Å². The molecule has 1 N–H and O–H groups in total. The average Bonchev–Trinajstić information content (AvgIpc) is 3.03. The van der Waals surface area contributed by atoms with Crippen molar-refractivity contribution in [3.8, 4) is 0 Å². The van der Waals surface area contributed by atoms with E-state index in [2.05, 4.69) is 31.7 Å². The predicted molar refractivity (Wildman–Crippen MR) is 98.3 cm³/mol. The summed E-state index contributed by atoms with van der Waals surface area (Å²) in [7, 11) is 0. The topological polar surface area (TPSA) is 71.0 Å². The number of benzene rings is 1. The number of amides is 1. The van der Waals surface area contributed by atoms with E-state index in [0.717, 1.165) is 29.9 Å². The van der Waals surface area contributed by atoms with Crippen molar-refractivity contribution in [2.75, 3.05) is 16.8 Å². The van der Waals surface area contributed by atoms with Gasteiger partial charge in [0.05, 0.1) is 10.9 Å². The van der Waals surface area contributed by atoms with Gasteiger partial charge in [-0.1, -0.05) is 24.2 Å². The fourth-order valence-corrected chi connectivity index (χ4v) is 3.14. The Labute approximate surface area is 149 Å². The molecule has 0 radical (unpaired) electrons. The molecule has 25 heavy (non-hydrogen) atoms. The number of halogens is 1. The minimum Gasteiger partial charge on any atom is -0.325 e. The van der Waals surface area contributed by atoms with Crippen LogP contribution in [-0.2, 0) is 11.2 Å². The number of aromatic nitrogens is 3. The number of hydrogen-bond acceptors (Lipinski definition) is 5. The highest BCUT2D eigenvalue weighted by Gasteiger charge is 2.23. The first-order valence-corrected chi connectivity index (χ1v) is 8.13. The second-order valence-corrected chi connectivity index (χ2v) is 6.09. The Morgan fingerprint density at radius 3 is 3.00 bits per heavy atom. The Balaban J connectivity index is 1.78. The van der Waals surface area contributed by atoms with Crippen LogP contribution in [0, 0.1) is 0 Å². The minimum atomic E-state index is -0.316. The molecule has 2 aromatic heterocycles. The molecule has 0 bridgehead atoms. The summed E-state index contributed by atoms with van der Waals surface area (Å²) < 4.78 is 0. The number of pyridine rings is 1. The molecule has 6 nitrogen and oxygen atoms in total. The smallest absolute Gasteiger partial charge is 0.248 e. The third-order valence-corrected chi connectivity index (χ3v) is 4.37. The number of nitrogens with one attached hydrogen (secondary N) is 1. The third-order valence-electron chi connectivity index (χ3n) is 4.14. The van der Waals surface area contributed by atoms with E-state index < -0.39 is 0 Å². The normalized spacial score (nSPS) is 12.9. The molecule has 0 unspecified atom stereocenters. The van der Waals surface area contributed by atoms with Crippen molar-refractivity contribution in [1.82, 2.24) is 15.0 Å². The number of rotatable bonds is 3. The van der Waals surface area contributed by atoms with Gasteiger partial charge in [0, 0.05) is 29.5 Å². The summed E-state index contributed by atoms with van der Waals surface area (Å²) in [6, 6.07) is 7.61. The molecule has 3 heterocycles.